The Morgan fingerprint density at radius 1 is 1.47 bits per heavy atom. The summed E-state index contributed by atoms with van der Waals surface area (Å²) in [4.78, 5) is -0.731. The molecule has 106 valence electrons. The Morgan fingerprint density at radius 2 is 2.05 bits per heavy atom. The van der Waals surface area contributed by atoms with Crippen molar-refractivity contribution in [2.24, 2.45) is 11.7 Å². The number of rotatable bonds is 5. The molecule has 0 amide bonds. The van der Waals surface area contributed by atoms with Gasteiger partial charge < -0.3 is 5.73 Å². The Balaban J connectivity index is 3.10. The summed E-state index contributed by atoms with van der Waals surface area (Å²) < 4.78 is 51.5. The highest BCUT2D eigenvalue weighted by Crippen LogP contribution is 2.20. The Labute approximate surface area is 110 Å². The van der Waals surface area contributed by atoms with Crippen molar-refractivity contribution in [3.63, 3.8) is 0 Å². The van der Waals surface area contributed by atoms with Crippen LogP contribution in [-0.2, 0) is 10.0 Å². The third kappa shape index (κ3) is 3.48. The van der Waals surface area contributed by atoms with E-state index >= 15 is 0 Å². The maximum absolute atomic E-state index is 13.5. The summed E-state index contributed by atoms with van der Waals surface area (Å²) in [5.74, 6) is -2.56. The molecular formula is C11H15F2N3O2S. The average Bonchev–Trinajstić information content (AvgIpc) is 2.31. The minimum atomic E-state index is -4.15. The zero-order chi connectivity index (χ0) is 14.8. The van der Waals surface area contributed by atoms with Gasteiger partial charge in [0.15, 0.2) is 0 Å². The molecule has 0 aliphatic heterocycles. The molecule has 0 saturated carbocycles. The summed E-state index contributed by atoms with van der Waals surface area (Å²) in [5.41, 5.74) is 5.25. The zero-order valence-electron chi connectivity index (χ0n) is 10.5. The van der Waals surface area contributed by atoms with Crippen LogP contribution in [0, 0.1) is 23.0 Å². The lowest BCUT2D eigenvalue weighted by Gasteiger charge is -2.20. The summed E-state index contributed by atoms with van der Waals surface area (Å²) in [6.45, 7) is 1.48. The molecule has 0 saturated heterocycles. The molecule has 5 nitrogen and oxygen atoms in total. The van der Waals surface area contributed by atoms with Gasteiger partial charge in [0.05, 0.1) is 5.84 Å². The first-order valence-corrected chi connectivity index (χ1v) is 6.85. The second-order valence-electron chi connectivity index (χ2n) is 4.22. The maximum Gasteiger partial charge on any atom is 0.245 e. The molecule has 19 heavy (non-hydrogen) atoms. The predicted octanol–water partition coefficient (Wildman–Crippen LogP) is 1.16. The Bertz CT molecular complexity index is 590. The van der Waals surface area contributed by atoms with Gasteiger partial charge in [-0.2, -0.15) is 0 Å². The van der Waals surface area contributed by atoms with Gasteiger partial charge in [-0.1, -0.05) is 6.92 Å². The average molecular weight is 291 g/mol. The topological polar surface area (TPSA) is 87.2 Å². The molecule has 1 aromatic carbocycles. The fourth-order valence-corrected chi connectivity index (χ4v) is 2.76. The monoisotopic (exact) mass is 291 g/mol. The van der Waals surface area contributed by atoms with Crippen LogP contribution in [0.2, 0.25) is 0 Å². The number of hydrogen-bond donors (Lipinski definition) is 2. The van der Waals surface area contributed by atoms with Gasteiger partial charge in [0.25, 0.3) is 0 Å². The Morgan fingerprint density at radius 3 is 2.58 bits per heavy atom. The summed E-state index contributed by atoms with van der Waals surface area (Å²) >= 11 is 0. The van der Waals surface area contributed by atoms with E-state index in [1.54, 1.807) is 6.92 Å². The van der Waals surface area contributed by atoms with E-state index in [1.165, 1.54) is 7.05 Å². The van der Waals surface area contributed by atoms with Crippen LogP contribution in [0.15, 0.2) is 23.1 Å². The van der Waals surface area contributed by atoms with Crippen LogP contribution in [0.25, 0.3) is 0 Å². The normalized spacial score (nSPS) is 13.5. The van der Waals surface area contributed by atoms with Crippen LogP contribution in [0.4, 0.5) is 8.78 Å². The van der Waals surface area contributed by atoms with Gasteiger partial charge in [-0.3, -0.25) is 5.41 Å². The molecular weight excluding hydrogens is 276 g/mol. The largest absolute Gasteiger partial charge is 0.387 e. The molecule has 1 atom stereocenters. The SMILES string of the molecule is CC(CN(C)S(=O)(=O)c1cc(F)ccc1F)C(=N)N. The number of hydrogen-bond acceptors (Lipinski definition) is 3. The number of amidine groups is 1. The highest BCUT2D eigenvalue weighted by molar-refractivity contribution is 7.89. The van der Waals surface area contributed by atoms with Gasteiger partial charge in [0, 0.05) is 19.5 Å². The highest BCUT2D eigenvalue weighted by Gasteiger charge is 2.26. The van der Waals surface area contributed by atoms with E-state index in [0.717, 1.165) is 16.4 Å². The first-order chi connectivity index (χ1) is 8.66. The van der Waals surface area contributed by atoms with E-state index in [-0.39, 0.29) is 12.4 Å². The number of halogens is 2. The zero-order valence-corrected chi connectivity index (χ0v) is 11.3. The summed E-state index contributed by atoms with van der Waals surface area (Å²) in [6.07, 6.45) is 0. The van der Waals surface area contributed by atoms with E-state index in [4.69, 9.17) is 11.1 Å². The van der Waals surface area contributed by atoms with Crippen LogP contribution in [0.1, 0.15) is 6.92 Å². The molecule has 0 aliphatic carbocycles. The number of nitrogens with two attached hydrogens (primary N) is 1. The van der Waals surface area contributed by atoms with E-state index in [1.807, 2.05) is 0 Å². The van der Waals surface area contributed by atoms with Crippen molar-refractivity contribution in [2.75, 3.05) is 13.6 Å². The van der Waals surface area contributed by atoms with Crippen molar-refractivity contribution >= 4 is 15.9 Å². The van der Waals surface area contributed by atoms with Gasteiger partial charge in [-0.15, -0.1) is 0 Å². The Hall–Kier alpha value is -1.54. The molecule has 8 heteroatoms. The maximum atomic E-state index is 13.5. The third-order valence-corrected chi connectivity index (χ3v) is 4.48. The van der Waals surface area contributed by atoms with E-state index in [0.29, 0.717) is 6.07 Å². The van der Waals surface area contributed by atoms with Gasteiger partial charge in [-0.05, 0) is 18.2 Å². The molecule has 1 aromatic rings. The van der Waals surface area contributed by atoms with Crippen molar-refractivity contribution < 1.29 is 17.2 Å². The van der Waals surface area contributed by atoms with Gasteiger partial charge in [0.1, 0.15) is 16.5 Å². The first-order valence-electron chi connectivity index (χ1n) is 5.41. The standard InChI is InChI=1S/C11H15F2N3O2S/c1-7(11(14)15)6-16(2)19(17,18)10-5-8(12)3-4-9(10)13/h3-5,7H,6H2,1-2H3,(H3,14,15). The van der Waals surface area contributed by atoms with E-state index in [2.05, 4.69) is 0 Å². The fourth-order valence-electron chi connectivity index (χ4n) is 1.42. The molecule has 0 heterocycles. The van der Waals surface area contributed by atoms with Crippen LogP contribution >= 0.6 is 0 Å². The molecule has 1 unspecified atom stereocenters. The molecule has 0 fully saturated rings. The lowest BCUT2D eigenvalue weighted by Crippen LogP contribution is -2.36. The number of nitrogens with zero attached hydrogens (tertiary/aromatic N) is 1. The smallest absolute Gasteiger partial charge is 0.245 e. The van der Waals surface area contributed by atoms with Crippen molar-refractivity contribution in [2.45, 2.75) is 11.8 Å². The van der Waals surface area contributed by atoms with Crippen LogP contribution < -0.4 is 5.73 Å². The summed E-state index contributed by atoms with van der Waals surface area (Å²) in [7, 11) is -2.93. The lowest BCUT2D eigenvalue weighted by molar-refractivity contribution is 0.437. The van der Waals surface area contributed by atoms with Gasteiger partial charge in [0.2, 0.25) is 10.0 Å². The molecule has 0 aliphatic rings. The summed E-state index contributed by atoms with van der Waals surface area (Å²) in [6, 6.07) is 2.22. The van der Waals surface area contributed by atoms with Gasteiger partial charge >= 0.3 is 0 Å². The van der Waals surface area contributed by atoms with Crippen molar-refractivity contribution in [3.05, 3.63) is 29.8 Å². The van der Waals surface area contributed by atoms with Crippen molar-refractivity contribution in [1.82, 2.24) is 4.31 Å². The van der Waals surface area contributed by atoms with E-state index < -0.39 is 32.5 Å². The quantitative estimate of drug-likeness (QED) is 0.630. The highest BCUT2D eigenvalue weighted by atomic mass is 32.2. The van der Waals surface area contributed by atoms with E-state index in [9.17, 15) is 17.2 Å². The third-order valence-electron chi connectivity index (χ3n) is 2.64. The molecule has 1 rings (SSSR count). The molecule has 0 spiro atoms. The van der Waals surface area contributed by atoms with Crippen LogP contribution in [-0.4, -0.2) is 32.2 Å². The molecule has 0 aromatic heterocycles. The second-order valence-corrected chi connectivity index (χ2v) is 6.23. The van der Waals surface area contributed by atoms with Crippen LogP contribution in [0.5, 0.6) is 0 Å². The lowest BCUT2D eigenvalue weighted by atomic mass is 10.2. The van der Waals surface area contributed by atoms with Crippen molar-refractivity contribution in [1.29, 1.82) is 5.41 Å². The van der Waals surface area contributed by atoms with Crippen molar-refractivity contribution in [3.8, 4) is 0 Å². The Kier molecular flexibility index (Phi) is 4.59. The second kappa shape index (κ2) is 5.62. The fraction of sp³-hybridized carbons (Fsp3) is 0.364. The van der Waals surface area contributed by atoms with Crippen LogP contribution in [0.3, 0.4) is 0 Å². The van der Waals surface area contributed by atoms with Gasteiger partial charge in [-0.25, -0.2) is 21.5 Å². The summed E-state index contributed by atoms with van der Waals surface area (Å²) in [5, 5.41) is 7.20. The molecule has 0 radical (unpaired) electrons. The molecule has 3 N–H and O–H groups in total. The minimum absolute atomic E-state index is 0.0897. The first kappa shape index (κ1) is 15.5. The number of benzene rings is 1. The number of sulfonamides is 1. The minimum Gasteiger partial charge on any atom is -0.387 e. The predicted molar refractivity (Wildman–Crippen MR) is 67.3 cm³/mol. The number of nitrogens with one attached hydrogen (secondary N) is 1. The molecule has 0 bridgehead atoms.